The number of nitrogens with zero attached hydrogens (tertiary/aromatic N) is 8. The molecule has 1 unspecified atom stereocenters. The maximum atomic E-state index is 14.6. The zero-order valence-corrected chi connectivity index (χ0v) is 18.2. The predicted octanol–water partition coefficient (Wildman–Crippen LogP) is 2.94. The Kier molecular flexibility index (Phi) is 5.86. The summed E-state index contributed by atoms with van der Waals surface area (Å²) in [5.41, 5.74) is -1.16. The van der Waals surface area contributed by atoms with Crippen molar-refractivity contribution in [1.29, 1.82) is 0 Å². The Morgan fingerprint density at radius 2 is 1.82 bits per heavy atom. The van der Waals surface area contributed by atoms with E-state index in [1.807, 2.05) is 30.3 Å². The van der Waals surface area contributed by atoms with Crippen molar-refractivity contribution >= 4 is 11.8 Å². The zero-order chi connectivity index (χ0) is 23.5. The van der Waals surface area contributed by atoms with Gasteiger partial charge in [-0.25, -0.2) is 23.1 Å². The van der Waals surface area contributed by atoms with Gasteiger partial charge in [0.05, 0.1) is 19.3 Å². The molecule has 1 atom stereocenters. The van der Waals surface area contributed by atoms with Gasteiger partial charge in [0.1, 0.15) is 34.9 Å². The van der Waals surface area contributed by atoms with Gasteiger partial charge in [-0.3, -0.25) is 0 Å². The Hall–Kier alpha value is -3.97. The first-order valence-corrected chi connectivity index (χ1v) is 10.8. The zero-order valence-electron chi connectivity index (χ0n) is 17.4. The third kappa shape index (κ3) is 4.70. The summed E-state index contributed by atoms with van der Waals surface area (Å²) < 4.78 is 36.4. The summed E-state index contributed by atoms with van der Waals surface area (Å²) in [5.74, 6) is -1.28. The number of hydrogen-bond donors (Lipinski definition) is 1. The van der Waals surface area contributed by atoms with Crippen LogP contribution in [0, 0.1) is 11.6 Å². The summed E-state index contributed by atoms with van der Waals surface area (Å²) >= 11 is 1.09. The lowest BCUT2D eigenvalue weighted by atomic mass is 9.93. The van der Waals surface area contributed by atoms with Gasteiger partial charge in [-0.05, 0) is 30.0 Å². The van der Waals surface area contributed by atoms with Crippen molar-refractivity contribution in [3.8, 4) is 11.5 Å². The van der Waals surface area contributed by atoms with Gasteiger partial charge in [-0.2, -0.15) is 5.10 Å². The van der Waals surface area contributed by atoms with Gasteiger partial charge >= 0.3 is 0 Å². The van der Waals surface area contributed by atoms with Crippen LogP contribution in [-0.2, 0) is 18.7 Å². The molecule has 0 radical (unpaired) electrons. The molecule has 0 bridgehead atoms. The Balaban J connectivity index is 1.37. The van der Waals surface area contributed by atoms with Crippen LogP contribution in [0.2, 0.25) is 0 Å². The summed E-state index contributed by atoms with van der Waals surface area (Å²) in [6.07, 6.45) is 4.22. The number of aliphatic hydroxyl groups is 1. The van der Waals surface area contributed by atoms with Crippen LogP contribution < -0.4 is 0 Å². The fraction of sp³-hybridized carbons (Fsp3) is 0.143. The highest BCUT2D eigenvalue weighted by Gasteiger charge is 2.35. The third-order valence-corrected chi connectivity index (χ3v) is 5.62. The summed E-state index contributed by atoms with van der Waals surface area (Å²) in [6, 6.07) is 12.3. The molecular weight excluding hydrogens is 466 g/mol. The highest BCUT2D eigenvalue weighted by Crippen LogP contribution is 2.30. The third-order valence-electron chi connectivity index (χ3n) is 4.88. The van der Waals surface area contributed by atoms with Crippen LogP contribution in [-0.4, -0.2) is 45.1 Å². The Morgan fingerprint density at radius 3 is 2.59 bits per heavy atom. The molecule has 0 aliphatic rings. The Labute approximate surface area is 195 Å². The highest BCUT2D eigenvalue weighted by molar-refractivity contribution is 7.99. The molecular formula is C21H16F2N8O2S. The molecule has 0 saturated heterocycles. The van der Waals surface area contributed by atoms with E-state index < -0.39 is 17.2 Å². The van der Waals surface area contributed by atoms with Crippen LogP contribution in [0.25, 0.3) is 11.5 Å². The van der Waals surface area contributed by atoms with Crippen LogP contribution in [0.3, 0.4) is 0 Å². The topological polar surface area (TPSA) is 121 Å². The van der Waals surface area contributed by atoms with Gasteiger partial charge in [-0.1, -0.05) is 29.5 Å². The van der Waals surface area contributed by atoms with Crippen LogP contribution in [0.15, 0.2) is 82.0 Å². The van der Waals surface area contributed by atoms with Gasteiger partial charge in [-0.15, -0.1) is 15.3 Å². The molecule has 5 rings (SSSR count). The number of benzene rings is 2. The van der Waals surface area contributed by atoms with Crippen molar-refractivity contribution in [2.45, 2.75) is 28.9 Å². The predicted molar refractivity (Wildman–Crippen MR) is 114 cm³/mol. The van der Waals surface area contributed by atoms with Crippen LogP contribution in [0.5, 0.6) is 0 Å². The Morgan fingerprint density at radius 1 is 1.00 bits per heavy atom. The molecule has 13 heteroatoms. The second-order valence-corrected chi connectivity index (χ2v) is 8.32. The number of aromatic nitrogens is 8. The minimum atomic E-state index is -1.83. The lowest BCUT2D eigenvalue weighted by Crippen LogP contribution is -2.37. The SMILES string of the molecule is OC(Cn1cncn1)(Cn1cc(Sc2nnc(-c3ccccc3)o2)nn1)c1ccc(F)cc1F. The molecule has 0 saturated carbocycles. The van der Waals surface area contributed by atoms with Crippen molar-refractivity contribution in [1.82, 2.24) is 40.0 Å². The summed E-state index contributed by atoms with van der Waals surface area (Å²) in [4.78, 5) is 3.84. The van der Waals surface area contributed by atoms with Crippen molar-refractivity contribution in [3.63, 3.8) is 0 Å². The fourth-order valence-electron chi connectivity index (χ4n) is 3.38. The molecule has 10 nitrogen and oxygen atoms in total. The molecule has 3 aromatic heterocycles. The van der Waals surface area contributed by atoms with Gasteiger partial charge in [0.2, 0.25) is 5.89 Å². The van der Waals surface area contributed by atoms with Crippen LogP contribution >= 0.6 is 11.8 Å². The van der Waals surface area contributed by atoms with Crippen LogP contribution in [0.4, 0.5) is 8.78 Å². The van der Waals surface area contributed by atoms with E-state index in [-0.39, 0.29) is 23.9 Å². The van der Waals surface area contributed by atoms with Crippen molar-refractivity contribution in [2.24, 2.45) is 0 Å². The second-order valence-electron chi connectivity index (χ2n) is 7.34. The van der Waals surface area contributed by atoms with E-state index in [2.05, 4.69) is 30.6 Å². The normalized spacial score (nSPS) is 13.1. The lowest BCUT2D eigenvalue weighted by Gasteiger charge is -2.28. The highest BCUT2D eigenvalue weighted by atomic mass is 32.2. The minimum Gasteiger partial charge on any atom is -0.411 e. The summed E-state index contributed by atoms with van der Waals surface area (Å²) in [7, 11) is 0. The largest absolute Gasteiger partial charge is 0.411 e. The molecule has 0 spiro atoms. The maximum absolute atomic E-state index is 14.6. The molecule has 5 aromatic rings. The van der Waals surface area contributed by atoms with Crippen LogP contribution in [0.1, 0.15) is 5.56 Å². The molecule has 172 valence electrons. The van der Waals surface area contributed by atoms with E-state index in [0.29, 0.717) is 17.0 Å². The van der Waals surface area contributed by atoms with Gasteiger partial charge in [0, 0.05) is 17.2 Å². The van der Waals surface area contributed by atoms with E-state index >= 15 is 0 Å². The van der Waals surface area contributed by atoms with E-state index in [1.165, 1.54) is 28.1 Å². The summed E-state index contributed by atoms with van der Waals surface area (Å²) in [6.45, 7) is -0.343. The first-order valence-electron chi connectivity index (χ1n) is 9.96. The fourth-order valence-corrected chi connectivity index (χ4v) is 4.01. The molecule has 0 fully saturated rings. The monoisotopic (exact) mass is 482 g/mol. The average molecular weight is 482 g/mol. The summed E-state index contributed by atoms with van der Waals surface area (Å²) in [5, 5.41) is 32.2. The molecule has 34 heavy (non-hydrogen) atoms. The minimum absolute atomic E-state index is 0.112. The molecule has 0 aliphatic heterocycles. The first kappa shape index (κ1) is 21.9. The van der Waals surface area contributed by atoms with E-state index in [0.717, 1.165) is 23.4 Å². The average Bonchev–Trinajstić information content (AvgIpc) is 3.58. The molecule has 2 aromatic carbocycles. The second kappa shape index (κ2) is 9.11. The van der Waals surface area contributed by atoms with Gasteiger partial charge in [0.25, 0.3) is 5.22 Å². The molecule has 0 amide bonds. The number of hydrogen-bond acceptors (Lipinski definition) is 9. The quantitative estimate of drug-likeness (QED) is 0.356. The molecule has 1 N–H and O–H groups in total. The van der Waals surface area contributed by atoms with E-state index in [9.17, 15) is 13.9 Å². The lowest BCUT2D eigenvalue weighted by molar-refractivity contribution is -0.00893. The van der Waals surface area contributed by atoms with E-state index in [4.69, 9.17) is 4.42 Å². The maximum Gasteiger partial charge on any atom is 0.283 e. The van der Waals surface area contributed by atoms with Crippen molar-refractivity contribution in [3.05, 3.63) is 84.6 Å². The standard InChI is InChI=1S/C21H16F2N8O2S/c22-15-6-7-16(17(23)8-15)21(32,11-31-13-24-12-25-31)10-30-9-18(26-29-30)34-20-28-27-19(33-20)14-4-2-1-3-5-14/h1-9,12-13,32H,10-11H2. The Bertz CT molecular complexity index is 1390. The molecule has 0 aliphatic carbocycles. The van der Waals surface area contributed by atoms with Crippen molar-refractivity contribution in [2.75, 3.05) is 0 Å². The van der Waals surface area contributed by atoms with Gasteiger partial charge in [0.15, 0.2) is 0 Å². The first-order chi connectivity index (χ1) is 16.5. The smallest absolute Gasteiger partial charge is 0.283 e. The molecule has 3 heterocycles. The van der Waals surface area contributed by atoms with Crippen molar-refractivity contribution < 1.29 is 18.3 Å². The van der Waals surface area contributed by atoms with E-state index in [1.54, 1.807) is 6.20 Å². The number of halogens is 2. The number of rotatable bonds is 8. The van der Waals surface area contributed by atoms with Gasteiger partial charge < -0.3 is 9.52 Å².